The van der Waals surface area contributed by atoms with E-state index in [1.807, 2.05) is 0 Å². The van der Waals surface area contributed by atoms with Gasteiger partial charge < -0.3 is 19.1 Å². The maximum absolute atomic E-state index is 12.6. The summed E-state index contributed by atoms with van der Waals surface area (Å²) in [5.41, 5.74) is 2.55. The summed E-state index contributed by atoms with van der Waals surface area (Å²) in [6.07, 6.45) is 0. The molecule has 8 heteroatoms. The summed E-state index contributed by atoms with van der Waals surface area (Å²) in [7, 11) is 0. The zero-order valence-electron chi connectivity index (χ0n) is 16.3. The number of carbonyl (C=O) groups excluding carboxylic acids is 2. The Bertz CT molecular complexity index is 1070. The molecule has 0 bridgehead atoms. The third-order valence-electron chi connectivity index (χ3n) is 4.47. The van der Waals surface area contributed by atoms with Crippen LogP contribution in [0.15, 0.2) is 54.6 Å². The van der Waals surface area contributed by atoms with Crippen LogP contribution in [0, 0.1) is 13.8 Å². The highest BCUT2D eigenvalue weighted by Crippen LogP contribution is 2.24. The van der Waals surface area contributed by atoms with Crippen molar-refractivity contribution in [2.75, 3.05) is 6.61 Å². The van der Waals surface area contributed by atoms with Gasteiger partial charge in [-0.05, 0) is 62.4 Å². The Balaban J connectivity index is 1.74. The highest BCUT2D eigenvalue weighted by atomic mass is 19.3. The molecular weight excluding hydrogens is 396 g/mol. The van der Waals surface area contributed by atoms with Gasteiger partial charge in [-0.15, -0.1) is 0 Å². The number of aryl methyl sites for hydroxylation is 1. The van der Waals surface area contributed by atoms with E-state index in [0.29, 0.717) is 16.9 Å². The van der Waals surface area contributed by atoms with Crippen LogP contribution in [-0.2, 0) is 4.74 Å². The minimum atomic E-state index is -2.90. The second-order valence-electron chi connectivity index (χ2n) is 6.54. The molecule has 0 unspecified atom stereocenters. The molecule has 0 aliphatic rings. The van der Waals surface area contributed by atoms with E-state index in [4.69, 9.17) is 4.74 Å². The second-order valence-corrected chi connectivity index (χ2v) is 6.54. The molecule has 1 N–H and O–H groups in total. The lowest BCUT2D eigenvalue weighted by Gasteiger charge is -2.11. The topological polar surface area (TPSA) is 77.8 Å². The fourth-order valence-electron chi connectivity index (χ4n) is 3.14. The molecule has 3 aromatic rings. The van der Waals surface area contributed by atoms with Crippen LogP contribution in [0.4, 0.5) is 8.78 Å². The van der Waals surface area contributed by atoms with Crippen molar-refractivity contribution in [2.24, 2.45) is 0 Å². The van der Waals surface area contributed by atoms with Crippen LogP contribution < -0.4 is 4.74 Å². The quantitative estimate of drug-likeness (QED) is 0.456. The molecule has 0 amide bonds. The van der Waals surface area contributed by atoms with E-state index in [9.17, 15) is 23.5 Å². The van der Waals surface area contributed by atoms with Crippen molar-refractivity contribution in [1.82, 2.24) is 4.57 Å². The third kappa shape index (κ3) is 4.65. The number of aromatic hydroxyl groups is 1. The lowest BCUT2D eigenvalue weighted by molar-refractivity contribution is -0.0498. The number of esters is 1. The van der Waals surface area contributed by atoms with Gasteiger partial charge in [-0.25, -0.2) is 4.79 Å². The van der Waals surface area contributed by atoms with Crippen LogP contribution in [0.5, 0.6) is 11.5 Å². The van der Waals surface area contributed by atoms with E-state index in [1.54, 1.807) is 36.6 Å². The monoisotopic (exact) mass is 415 g/mol. The van der Waals surface area contributed by atoms with Crippen LogP contribution in [0.25, 0.3) is 5.69 Å². The molecular formula is C22H19F2NO5. The van der Waals surface area contributed by atoms with Crippen LogP contribution >= 0.6 is 0 Å². The average Bonchev–Trinajstić information content (AvgIpc) is 3.00. The van der Waals surface area contributed by atoms with Gasteiger partial charge in [-0.3, -0.25) is 4.79 Å². The number of carbonyl (C=O) groups is 2. The van der Waals surface area contributed by atoms with Crippen LogP contribution in [-0.4, -0.2) is 34.6 Å². The Morgan fingerprint density at radius 1 is 1.07 bits per heavy atom. The first-order valence-electron chi connectivity index (χ1n) is 9.00. The zero-order valence-corrected chi connectivity index (χ0v) is 16.3. The number of ketones is 1. The number of Topliss-reactive ketones (excluding diaryl/α,β-unsaturated/α-hetero) is 1. The van der Waals surface area contributed by atoms with E-state index in [2.05, 4.69) is 4.74 Å². The van der Waals surface area contributed by atoms with E-state index in [1.165, 1.54) is 36.4 Å². The summed E-state index contributed by atoms with van der Waals surface area (Å²) in [6.45, 7) is 0.171. The first-order chi connectivity index (χ1) is 14.3. The smallest absolute Gasteiger partial charge is 0.387 e. The predicted molar refractivity (Wildman–Crippen MR) is 105 cm³/mol. The molecule has 0 fully saturated rings. The third-order valence-corrected chi connectivity index (χ3v) is 4.47. The number of aromatic nitrogens is 1. The van der Waals surface area contributed by atoms with E-state index in [0.717, 1.165) is 5.69 Å². The van der Waals surface area contributed by atoms with Crippen LogP contribution in [0.1, 0.15) is 32.1 Å². The maximum Gasteiger partial charge on any atom is 0.387 e. The number of phenols is 1. The fourth-order valence-corrected chi connectivity index (χ4v) is 3.14. The second kappa shape index (κ2) is 8.77. The summed E-state index contributed by atoms with van der Waals surface area (Å²) in [5, 5.41) is 9.43. The predicted octanol–water partition coefficient (Wildman–Crippen LogP) is 4.44. The Kier molecular flexibility index (Phi) is 6.15. The van der Waals surface area contributed by atoms with Gasteiger partial charge >= 0.3 is 12.6 Å². The van der Waals surface area contributed by atoms with E-state index in [-0.39, 0.29) is 22.8 Å². The highest BCUT2D eigenvalue weighted by Gasteiger charge is 2.19. The number of halogens is 2. The summed E-state index contributed by atoms with van der Waals surface area (Å²) >= 11 is 0. The Labute approximate surface area is 171 Å². The van der Waals surface area contributed by atoms with Gasteiger partial charge in [0, 0.05) is 22.6 Å². The Morgan fingerprint density at radius 3 is 2.40 bits per heavy atom. The zero-order chi connectivity index (χ0) is 21.8. The van der Waals surface area contributed by atoms with Gasteiger partial charge in [-0.2, -0.15) is 8.78 Å². The minimum absolute atomic E-state index is 0.0337. The Hall–Kier alpha value is -3.68. The number of nitrogens with zero attached hydrogens (tertiary/aromatic N) is 1. The van der Waals surface area contributed by atoms with Crippen LogP contribution in [0.2, 0.25) is 0 Å². The number of rotatable bonds is 7. The van der Waals surface area contributed by atoms with E-state index >= 15 is 0 Å². The van der Waals surface area contributed by atoms with Crippen molar-refractivity contribution in [3.05, 3.63) is 77.1 Å². The first-order valence-corrected chi connectivity index (χ1v) is 9.00. The number of benzene rings is 2. The molecule has 2 aromatic carbocycles. The van der Waals surface area contributed by atoms with Gasteiger partial charge in [0.05, 0.1) is 5.56 Å². The van der Waals surface area contributed by atoms with Crippen molar-refractivity contribution in [2.45, 2.75) is 20.5 Å². The summed E-state index contributed by atoms with van der Waals surface area (Å²) in [5.74, 6) is -1.15. The number of hydrogen-bond donors (Lipinski definition) is 1. The molecule has 30 heavy (non-hydrogen) atoms. The number of ether oxygens (including phenoxy) is 2. The lowest BCUT2D eigenvalue weighted by Crippen LogP contribution is -2.15. The SMILES string of the molecule is Cc1cc(C(=O)COC(=O)c2cccc(O)c2)c(C)n1-c1ccc(OC(F)F)cc1. The molecule has 156 valence electrons. The van der Waals surface area contributed by atoms with E-state index < -0.39 is 19.2 Å². The molecule has 0 aliphatic heterocycles. The largest absolute Gasteiger partial charge is 0.508 e. The summed E-state index contributed by atoms with van der Waals surface area (Å²) in [4.78, 5) is 24.7. The van der Waals surface area contributed by atoms with Gasteiger partial charge in [-0.1, -0.05) is 6.07 Å². The fraction of sp³-hybridized carbons (Fsp3) is 0.182. The van der Waals surface area contributed by atoms with Crippen LogP contribution in [0.3, 0.4) is 0 Å². The van der Waals surface area contributed by atoms with Crippen molar-refractivity contribution in [3.63, 3.8) is 0 Å². The van der Waals surface area contributed by atoms with Crippen molar-refractivity contribution >= 4 is 11.8 Å². The molecule has 1 heterocycles. The average molecular weight is 415 g/mol. The summed E-state index contributed by atoms with van der Waals surface area (Å²) < 4.78 is 35.8. The highest BCUT2D eigenvalue weighted by molar-refractivity contribution is 6.00. The molecule has 0 radical (unpaired) electrons. The molecule has 1 aromatic heterocycles. The normalized spacial score (nSPS) is 10.8. The Morgan fingerprint density at radius 2 is 1.77 bits per heavy atom. The lowest BCUT2D eigenvalue weighted by atomic mass is 10.1. The molecule has 0 atom stereocenters. The summed E-state index contributed by atoms with van der Waals surface area (Å²) in [6, 6.07) is 13.4. The number of alkyl halides is 2. The van der Waals surface area contributed by atoms with Gasteiger partial charge in [0.1, 0.15) is 11.5 Å². The molecule has 0 aliphatic carbocycles. The standard InChI is InChI=1S/C22H19F2NO5/c1-13-10-19(20(27)12-29-21(28)15-4-3-5-17(26)11-15)14(2)25(13)16-6-8-18(9-7-16)30-22(23)24/h3-11,22,26H,12H2,1-2H3. The molecule has 0 saturated carbocycles. The number of hydrogen-bond acceptors (Lipinski definition) is 5. The molecule has 0 saturated heterocycles. The number of phenolic OH excluding ortho intramolecular Hbond substituents is 1. The van der Waals surface area contributed by atoms with Crippen molar-refractivity contribution < 1.29 is 33.0 Å². The van der Waals surface area contributed by atoms with Gasteiger partial charge in [0.25, 0.3) is 0 Å². The molecule has 3 rings (SSSR count). The molecule has 0 spiro atoms. The van der Waals surface area contributed by atoms with Crippen molar-refractivity contribution in [3.8, 4) is 17.2 Å². The minimum Gasteiger partial charge on any atom is -0.508 e. The maximum atomic E-state index is 12.6. The van der Waals surface area contributed by atoms with Gasteiger partial charge in [0.2, 0.25) is 5.78 Å². The molecule has 6 nitrogen and oxygen atoms in total. The first kappa shape index (κ1) is 21.0. The van der Waals surface area contributed by atoms with Crippen molar-refractivity contribution in [1.29, 1.82) is 0 Å². The van der Waals surface area contributed by atoms with Gasteiger partial charge in [0.15, 0.2) is 6.61 Å².